The van der Waals surface area contributed by atoms with Gasteiger partial charge in [-0.2, -0.15) is 4.98 Å². The zero-order valence-electron chi connectivity index (χ0n) is 16.2. The molecule has 0 saturated heterocycles. The average molecular weight is 448 g/mol. The number of nitrogens with one attached hydrogen (secondary N) is 3. The van der Waals surface area contributed by atoms with Crippen LogP contribution < -0.4 is 16.2 Å². The van der Waals surface area contributed by atoms with E-state index in [0.717, 1.165) is 0 Å². The Kier molecular flexibility index (Phi) is 6.80. The Balaban J connectivity index is 1.86. The van der Waals surface area contributed by atoms with Crippen molar-refractivity contribution in [2.45, 2.75) is 6.10 Å². The Bertz CT molecular complexity index is 1200. The molecule has 3 rings (SSSR count). The number of aromatic nitrogens is 3. The predicted octanol–water partition coefficient (Wildman–Crippen LogP) is 0.775. The standard InChI is InChI=1S/C19H18ClN5O6/c1-31-18(30)9-2-3-13(20)14(5-9)23-16(28)12-4-10-6-21-19(22-7-11(27)8-26)25-15(10)24-17(12)29/h2-6,11,26-27H,7-8H2,1H3,(H,23,28)(H2,21,22,24,25,29). The smallest absolute Gasteiger partial charge is 0.337 e. The lowest BCUT2D eigenvalue weighted by Gasteiger charge is -2.10. The van der Waals surface area contributed by atoms with Crippen LogP contribution in [0, 0.1) is 0 Å². The van der Waals surface area contributed by atoms with E-state index >= 15 is 0 Å². The zero-order valence-corrected chi connectivity index (χ0v) is 16.9. The van der Waals surface area contributed by atoms with E-state index in [9.17, 15) is 19.5 Å². The van der Waals surface area contributed by atoms with Gasteiger partial charge < -0.3 is 30.6 Å². The molecule has 1 amide bonds. The van der Waals surface area contributed by atoms with Crippen molar-refractivity contribution < 1.29 is 24.5 Å². The van der Waals surface area contributed by atoms with Crippen molar-refractivity contribution in [3.8, 4) is 0 Å². The van der Waals surface area contributed by atoms with Gasteiger partial charge in [0.15, 0.2) is 0 Å². The summed E-state index contributed by atoms with van der Waals surface area (Å²) in [5.41, 5.74) is -0.442. The number of hydrogen-bond donors (Lipinski definition) is 5. The van der Waals surface area contributed by atoms with Gasteiger partial charge in [-0.3, -0.25) is 9.59 Å². The fourth-order valence-corrected chi connectivity index (χ4v) is 2.74. The first-order valence-corrected chi connectivity index (χ1v) is 9.32. The lowest BCUT2D eigenvalue weighted by Crippen LogP contribution is -2.25. The van der Waals surface area contributed by atoms with Crippen LogP contribution >= 0.6 is 11.6 Å². The first-order valence-electron chi connectivity index (χ1n) is 8.94. The number of methoxy groups -OCH3 is 1. The molecule has 0 spiro atoms. The lowest BCUT2D eigenvalue weighted by molar-refractivity contribution is 0.0600. The summed E-state index contributed by atoms with van der Waals surface area (Å²) in [6.45, 7) is -0.416. The van der Waals surface area contributed by atoms with Gasteiger partial charge in [0, 0.05) is 18.1 Å². The summed E-state index contributed by atoms with van der Waals surface area (Å²) < 4.78 is 4.64. The van der Waals surface area contributed by atoms with Gasteiger partial charge in [-0.1, -0.05) is 11.6 Å². The van der Waals surface area contributed by atoms with Gasteiger partial charge in [0.05, 0.1) is 36.1 Å². The fourth-order valence-electron chi connectivity index (χ4n) is 2.58. The molecular weight excluding hydrogens is 430 g/mol. The van der Waals surface area contributed by atoms with E-state index in [0.29, 0.717) is 5.39 Å². The Labute approximate surface area is 180 Å². The number of rotatable bonds is 7. The minimum atomic E-state index is -0.992. The summed E-state index contributed by atoms with van der Waals surface area (Å²) in [4.78, 5) is 47.4. The number of aliphatic hydroxyl groups excluding tert-OH is 2. The number of amides is 1. The molecular formula is C19H18ClN5O6. The Morgan fingerprint density at radius 2 is 2.10 bits per heavy atom. The highest BCUT2D eigenvalue weighted by Crippen LogP contribution is 2.24. The lowest BCUT2D eigenvalue weighted by atomic mass is 10.1. The molecule has 0 aliphatic carbocycles. The minimum Gasteiger partial charge on any atom is -0.465 e. The molecule has 0 fully saturated rings. The maximum atomic E-state index is 12.6. The van der Waals surface area contributed by atoms with Gasteiger partial charge in [-0.25, -0.2) is 9.78 Å². The zero-order chi connectivity index (χ0) is 22.5. The number of aliphatic hydroxyl groups is 2. The molecule has 0 aliphatic rings. The molecule has 0 radical (unpaired) electrons. The van der Waals surface area contributed by atoms with Gasteiger partial charge in [-0.15, -0.1) is 0 Å². The number of aromatic amines is 1. The Morgan fingerprint density at radius 3 is 2.81 bits per heavy atom. The fraction of sp³-hybridized carbons (Fsp3) is 0.211. The summed E-state index contributed by atoms with van der Waals surface area (Å²) >= 11 is 6.08. The number of carbonyl (C=O) groups excluding carboxylic acids is 2. The van der Waals surface area contributed by atoms with Crippen LogP contribution in [0.2, 0.25) is 5.02 Å². The monoisotopic (exact) mass is 447 g/mol. The van der Waals surface area contributed by atoms with Crippen LogP contribution in [-0.2, 0) is 4.74 Å². The number of anilines is 2. The predicted molar refractivity (Wildman–Crippen MR) is 112 cm³/mol. The molecule has 1 atom stereocenters. The van der Waals surface area contributed by atoms with Crippen LogP contribution in [0.15, 0.2) is 35.3 Å². The van der Waals surface area contributed by atoms with Crippen LogP contribution in [-0.4, -0.2) is 63.4 Å². The summed E-state index contributed by atoms with van der Waals surface area (Å²) in [6.07, 6.45) is 0.391. The number of pyridine rings is 1. The van der Waals surface area contributed by atoms with Crippen molar-refractivity contribution in [1.29, 1.82) is 0 Å². The highest BCUT2D eigenvalue weighted by molar-refractivity contribution is 6.34. The number of halogens is 1. The molecule has 162 valence electrons. The molecule has 31 heavy (non-hydrogen) atoms. The maximum absolute atomic E-state index is 12.6. The number of ether oxygens (including phenoxy) is 1. The average Bonchev–Trinajstić information content (AvgIpc) is 2.77. The number of esters is 1. The normalized spacial score (nSPS) is 11.7. The van der Waals surface area contributed by atoms with E-state index in [-0.39, 0.29) is 40.0 Å². The van der Waals surface area contributed by atoms with Crippen molar-refractivity contribution in [2.75, 3.05) is 30.9 Å². The Hall–Kier alpha value is -3.54. The van der Waals surface area contributed by atoms with Crippen molar-refractivity contribution in [3.63, 3.8) is 0 Å². The number of carbonyl (C=O) groups is 2. The van der Waals surface area contributed by atoms with Crippen LogP contribution in [0.1, 0.15) is 20.7 Å². The third kappa shape index (κ3) is 5.15. The maximum Gasteiger partial charge on any atom is 0.337 e. The highest BCUT2D eigenvalue weighted by Gasteiger charge is 2.16. The summed E-state index contributed by atoms with van der Waals surface area (Å²) in [5, 5.41) is 24.0. The molecule has 0 bridgehead atoms. The molecule has 1 unspecified atom stereocenters. The van der Waals surface area contributed by atoms with Crippen LogP contribution in [0.3, 0.4) is 0 Å². The van der Waals surface area contributed by atoms with Crippen LogP contribution in [0.25, 0.3) is 11.0 Å². The molecule has 1 aromatic carbocycles. The van der Waals surface area contributed by atoms with Gasteiger partial charge in [0.2, 0.25) is 5.95 Å². The number of H-pyrrole nitrogens is 1. The van der Waals surface area contributed by atoms with Crippen molar-refractivity contribution in [3.05, 3.63) is 57.0 Å². The first kappa shape index (κ1) is 22.2. The van der Waals surface area contributed by atoms with Crippen molar-refractivity contribution in [1.82, 2.24) is 15.0 Å². The largest absolute Gasteiger partial charge is 0.465 e. The third-order valence-electron chi connectivity index (χ3n) is 4.18. The number of benzene rings is 1. The van der Waals surface area contributed by atoms with Crippen molar-refractivity contribution >= 4 is 46.1 Å². The van der Waals surface area contributed by atoms with Gasteiger partial charge >= 0.3 is 5.97 Å². The van der Waals surface area contributed by atoms with Gasteiger partial charge in [0.25, 0.3) is 11.5 Å². The second-order valence-electron chi connectivity index (χ2n) is 6.37. The molecule has 2 aromatic heterocycles. The van der Waals surface area contributed by atoms with Gasteiger partial charge in [0.1, 0.15) is 11.2 Å². The van der Waals surface area contributed by atoms with E-state index in [1.54, 1.807) is 0 Å². The minimum absolute atomic E-state index is 0.0120. The highest BCUT2D eigenvalue weighted by atomic mass is 35.5. The van der Waals surface area contributed by atoms with E-state index in [1.807, 2.05) is 0 Å². The number of fused-ring (bicyclic) bond motifs is 1. The summed E-state index contributed by atoms with van der Waals surface area (Å²) in [7, 11) is 1.22. The van der Waals surface area contributed by atoms with E-state index in [2.05, 4.69) is 30.3 Å². The third-order valence-corrected chi connectivity index (χ3v) is 4.51. The molecule has 2 heterocycles. The Morgan fingerprint density at radius 1 is 1.32 bits per heavy atom. The first-order chi connectivity index (χ1) is 14.8. The summed E-state index contributed by atoms with van der Waals surface area (Å²) in [6, 6.07) is 5.51. The van der Waals surface area contributed by atoms with E-state index in [1.165, 1.54) is 37.6 Å². The quantitative estimate of drug-likeness (QED) is 0.329. The van der Waals surface area contributed by atoms with Crippen molar-refractivity contribution in [2.24, 2.45) is 0 Å². The van der Waals surface area contributed by atoms with E-state index in [4.69, 9.17) is 16.7 Å². The van der Waals surface area contributed by atoms with Crippen LogP contribution in [0.5, 0.6) is 0 Å². The van der Waals surface area contributed by atoms with E-state index < -0.39 is 30.1 Å². The molecule has 0 aliphatic heterocycles. The van der Waals surface area contributed by atoms with Gasteiger partial charge in [-0.05, 0) is 24.3 Å². The SMILES string of the molecule is COC(=O)c1ccc(Cl)c(NC(=O)c2cc3cnc(NCC(O)CO)nc3[nH]c2=O)c1. The number of nitrogens with zero attached hydrogens (tertiary/aromatic N) is 2. The molecule has 0 saturated carbocycles. The van der Waals surface area contributed by atoms with Crippen LogP contribution in [0.4, 0.5) is 11.6 Å². The molecule has 5 N–H and O–H groups in total. The topological polar surface area (TPSA) is 167 Å². The molecule has 11 nitrogen and oxygen atoms in total. The molecule has 3 aromatic rings. The second-order valence-corrected chi connectivity index (χ2v) is 6.77. The number of hydrogen-bond acceptors (Lipinski definition) is 9. The molecule has 12 heteroatoms. The second kappa shape index (κ2) is 9.51. The summed E-state index contributed by atoms with van der Waals surface area (Å²) in [5.74, 6) is -1.23.